The fourth-order valence-electron chi connectivity index (χ4n) is 2.44. The van der Waals surface area contributed by atoms with E-state index in [0.717, 1.165) is 13.0 Å². The highest BCUT2D eigenvalue weighted by molar-refractivity contribution is 6.35. The van der Waals surface area contributed by atoms with Gasteiger partial charge in [-0.1, -0.05) is 11.6 Å². The highest BCUT2D eigenvalue weighted by atomic mass is 35.5. The molecule has 0 saturated carbocycles. The Morgan fingerprint density at radius 1 is 1.48 bits per heavy atom. The lowest BCUT2D eigenvalue weighted by Crippen LogP contribution is -2.53. The molecule has 6 nitrogen and oxygen atoms in total. The molecule has 0 bridgehead atoms. The zero-order valence-corrected chi connectivity index (χ0v) is 12.9. The van der Waals surface area contributed by atoms with Gasteiger partial charge in [-0.15, -0.1) is 0 Å². The molecule has 1 saturated heterocycles. The largest absolute Gasteiger partial charge is 0.494 e. The smallest absolute Gasteiger partial charge is 0.255 e. The molecule has 7 heteroatoms. The number of rotatable bonds is 4. The standard InChI is InChI=1S/C14H20ClN3O3/c1-20-11-7-17-6-5-10(11)18-14(19)8-3-4-9(16)12(15)13(8)21-2/h3-4,10-11,17H,5-7,16H2,1-2H3,(H,18,19). The maximum atomic E-state index is 12.5. The first-order valence-electron chi connectivity index (χ1n) is 6.74. The Hall–Kier alpha value is -1.50. The number of amides is 1. The Morgan fingerprint density at radius 3 is 2.90 bits per heavy atom. The average Bonchev–Trinajstić information content (AvgIpc) is 2.50. The van der Waals surface area contributed by atoms with E-state index in [4.69, 9.17) is 26.8 Å². The monoisotopic (exact) mass is 313 g/mol. The van der Waals surface area contributed by atoms with Gasteiger partial charge in [-0.2, -0.15) is 0 Å². The lowest BCUT2D eigenvalue weighted by molar-refractivity contribution is 0.0476. The molecule has 1 aromatic rings. The van der Waals surface area contributed by atoms with Crippen molar-refractivity contribution in [2.75, 3.05) is 33.0 Å². The summed E-state index contributed by atoms with van der Waals surface area (Å²) in [5.41, 5.74) is 6.46. The van der Waals surface area contributed by atoms with Gasteiger partial charge in [0.05, 0.1) is 30.5 Å². The van der Waals surface area contributed by atoms with Crippen molar-refractivity contribution >= 4 is 23.2 Å². The molecule has 1 fully saturated rings. The number of carbonyl (C=O) groups excluding carboxylic acids is 1. The molecule has 1 amide bonds. The Balaban J connectivity index is 2.18. The lowest BCUT2D eigenvalue weighted by Gasteiger charge is -2.31. The molecule has 1 heterocycles. The normalized spacial score (nSPS) is 21.9. The molecule has 1 aliphatic rings. The van der Waals surface area contributed by atoms with Gasteiger partial charge in [-0.25, -0.2) is 0 Å². The number of benzene rings is 1. The van der Waals surface area contributed by atoms with Gasteiger partial charge in [0, 0.05) is 13.7 Å². The number of hydrogen-bond acceptors (Lipinski definition) is 5. The molecule has 2 atom stereocenters. The summed E-state index contributed by atoms with van der Waals surface area (Å²) >= 11 is 6.08. The van der Waals surface area contributed by atoms with Gasteiger partial charge in [-0.05, 0) is 25.1 Å². The van der Waals surface area contributed by atoms with Crippen LogP contribution in [0.1, 0.15) is 16.8 Å². The minimum absolute atomic E-state index is 0.0511. The van der Waals surface area contributed by atoms with E-state index in [1.165, 1.54) is 7.11 Å². The van der Waals surface area contributed by atoms with Gasteiger partial charge in [-0.3, -0.25) is 4.79 Å². The van der Waals surface area contributed by atoms with Crippen molar-refractivity contribution in [2.45, 2.75) is 18.6 Å². The fraction of sp³-hybridized carbons (Fsp3) is 0.500. The van der Waals surface area contributed by atoms with Gasteiger partial charge >= 0.3 is 0 Å². The second-order valence-electron chi connectivity index (χ2n) is 4.90. The Morgan fingerprint density at radius 2 is 2.24 bits per heavy atom. The summed E-state index contributed by atoms with van der Waals surface area (Å²) in [6.07, 6.45) is 0.743. The third-order valence-electron chi connectivity index (χ3n) is 3.62. The molecule has 0 aliphatic carbocycles. The fourth-order valence-corrected chi connectivity index (χ4v) is 2.68. The van der Waals surface area contributed by atoms with Crippen molar-refractivity contribution in [3.8, 4) is 5.75 Å². The van der Waals surface area contributed by atoms with E-state index < -0.39 is 0 Å². The van der Waals surface area contributed by atoms with Crippen molar-refractivity contribution in [3.05, 3.63) is 22.7 Å². The number of nitrogen functional groups attached to an aromatic ring is 1. The van der Waals surface area contributed by atoms with Crippen molar-refractivity contribution < 1.29 is 14.3 Å². The summed E-state index contributed by atoms with van der Waals surface area (Å²) in [7, 11) is 3.09. The molecule has 1 aromatic carbocycles. The second-order valence-corrected chi connectivity index (χ2v) is 5.27. The van der Waals surface area contributed by atoms with E-state index in [1.54, 1.807) is 19.2 Å². The van der Waals surface area contributed by atoms with Crippen LogP contribution in [0.5, 0.6) is 5.75 Å². The topological polar surface area (TPSA) is 85.6 Å². The Bertz CT molecular complexity index is 524. The molecule has 2 unspecified atom stereocenters. The van der Waals surface area contributed by atoms with Gasteiger partial charge in [0.15, 0.2) is 5.75 Å². The molecule has 2 rings (SSSR count). The summed E-state index contributed by atoms with van der Waals surface area (Å²) in [5.74, 6) is 0.0415. The van der Waals surface area contributed by atoms with E-state index >= 15 is 0 Å². The van der Waals surface area contributed by atoms with Crippen LogP contribution in [0.15, 0.2) is 12.1 Å². The van der Waals surface area contributed by atoms with Crippen LogP contribution in [0.3, 0.4) is 0 Å². The number of hydrogen-bond donors (Lipinski definition) is 3. The summed E-state index contributed by atoms with van der Waals surface area (Å²) in [5, 5.41) is 6.45. The first-order chi connectivity index (χ1) is 10.1. The van der Waals surface area contributed by atoms with Crippen LogP contribution in [-0.2, 0) is 4.74 Å². The van der Waals surface area contributed by atoms with Gasteiger partial charge in [0.2, 0.25) is 0 Å². The minimum atomic E-state index is -0.247. The van der Waals surface area contributed by atoms with E-state index in [1.807, 2.05) is 0 Å². The van der Waals surface area contributed by atoms with Crippen LogP contribution in [0.4, 0.5) is 5.69 Å². The maximum absolute atomic E-state index is 12.5. The molecule has 21 heavy (non-hydrogen) atoms. The van der Waals surface area contributed by atoms with Gasteiger partial charge in [0.25, 0.3) is 5.91 Å². The van der Waals surface area contributed by atoms with E-state index in [-0.39, 0.29) is 28.8 Å². The number of nitrogens with one attached hydrogen (secondary N) is 2. The molecule has 1 aliphatic heterocycles. The summed E-state index contributed by atoms with van der Waals surface area (Å²) in [6.45, 7) is 1.55. The third-order valence-corrected chi connectivity index (χ3v) is 4.01. The van der Waals surface area contributed by atoms with Gasteiger partial charge in [0.1, 0.15) is 5.02 Å². The van der Waals surface area contributed by atoms with Crippen LogP contribution in [0.2, 0.25) is 5.02 Å². The Labute approximate surface area is 128 Å². The van der Waals surface area contributed by atoms with E-state index in [0.29, 0.717) is 17.8 Å². The highest BCUT2D eigenvalue weighted by Gasteiger charge is 2.27. The van der Waals surface area contributed by atoms with Crippen molar-refractivity contribution in [1.82, 2.24) is 10.6 Å². The van der Waals surface area contributed by atoms with Crippen LogP contribution < -0.4 is 21.1 Å². The number of piperidine rings is 1. The summed E-state index contributed by atoms with van der Waals surface area (Å²) in [6, 6.07) is 3.15. The van der Waals surface area contributed by atoms with Crippen LogP contribution in [0.25, 0.3) is 0 Å². The predicted octanol–water partition coefficient (Wildman–Crippen LogP) is 1.04. The van der Waals surface area contributed by atoms with E-state index in [9.17, 15) is 4.79 Å². The Kier molecular flexibility index (Phi) is 5.27. The predicted molar refractivity (Wildman–Crippen MR) is 82.0 cm³/mol. The number of ether oxygens (including phenoxy) is 2. The third kappa shape index (κ3) is 3.40. The van der Waals surface area contributed by atoms with Crippen molar-refractivity contribution in [2.24, 2.45) is 0 Å². The molecule has 4 N–H and O–H groups in total. The first-order valence-corrected chi connectivity index (χ1v) is 7.12. The number of methoxy groups -OCH3 is 2. The summed E-state index contributed by atoms with van der Waals surface area (Å²) < 4.78 is 10.6. The van der Waals surface area contributed by atoms with Crippen LogP contribution >= 0.6 is 11.6 Å². The molecular weight excluding hydrogens is 294 g/mol. The van der Waals surface area contributed by atoms with Crippen molar-refractivity contribution in [1.29, 1.82) is 0 Å². The summed E-state index contributed by atoms with van der Waals surface area (Å²) in [4.78, 5) is 12.5. The quantitative estimate of drug-likeness (QED) is 0.723. The number of nitrogens with two attached hydrogens (primary N) is 1. The minimum Gasteiger partial charge on any atom is -0.494 e. The van der Waals surface area contributed by atoms with E-state index in [2.05, 4.69) is 10.6 Å². The van der Waals surface area contributed by atoms with Crippen molar-refractivity contribution in [3.63, 3.8) is 0 Å². The van der Waals surface area contributed by atoms with Crippen LogP contribution in [0, 0.1) is 0 Å². The molecule has 0 spiro atoms. The number of anilines is 1. The number of carbonyl (C=O) groups is 1. The maximum Gasteiger partial charge on any atom is 0.255 e. The van der Waals surface area contributed by atoms with Crippen LogP contribution in [-0.4, -0.2) is 45.4 Å². The van der Waals surface area contributed by atoms with Gasteiger partial charge < -0.3 is 25.8 Å². The molecule has 116 valence electrons. The lowest BCUT2D eigenvalue weighted by atomic mass is 10.0. The first kappa shape index (κ1) is 15.9. The average molecular weight is 314 g/mol. The second kappa shape index (κ2) is 6.98. The number of halogens is 1. The molecule has 0 radical (unpaired) electrons. The molecular formula is C14H20ClN3O3. The zero-order valence-electron chi connectivity index (χ0n) is 12.1. The highest BCUT2D eigenvalue weighted by Crippen LogP contribution is 2.33. The zero-order chi connectivity index (χ0) is 15.4. The molecule has 0 aromatic heterocycles. The SMILES string of the molecule is COc1c(C(=O)NC2CCNCC2OC)ccc(N)c1Cl.